The summed E-state index contributed by atoms with van der Waals surface area (Å²) in [4.78, 5) is 29.2. The van der Waals surface area contributed by atoms with Crippen molar-refractivity contribution in [2.45, 2.75) is 13.3 Å². The van der Waals surface area contributed by atoms with Crippen LogP contribution >= 0.6 is 0 Å². The molecule has 0 unspecified atom stereocenters. The maximum absolute atomic E-state index is 14.3. The van der Waals surface area contributed by atoms with Crippen LogP contribution in [-0.2, 0) is 11.2 Å². The topological polar surface area (TPSA) is 106 Å². The highest BCUT2D eigenvalue weighted by Gasteiger charge is 2.27. The number of ether oxygens (including phenoxy) is 3. The molecule has 220 valence electrons. The third-order valence-electron chi connectivity index (χ3n) is 7.49. The van der Waals surface area contributed by atoms with Gasteiger partial charge in [0, 0.05) is 38.8 Å². The molecule has 1 aliphatic heterocycles. The van der Waals surface area contributed by atoms with Crippen LogP contribution in [0.1, 0.15) is 29.4 Å². The highest BCUT2D eigenvalue weighted by atomic mass is 19.1. The Morgan fingerprint density at radius 3 is 2.40 bits per heavy atom. The van der Waals surface area contributed by atoms with Gasteiger partial charge in [-0.3, -0.25) is 4.79 Å². The van der Waals surface area contributed by atoms with Gasteiger partial charge in [0.2, 0.25) is 11.7 Å². The largest absolute Gasteiger partial charge is 0.493 e. The van der Waals surface area contributed by atoms with Gasteiger partial charge in [0.25, 0.3) is 0 Å². The Bertz CT molecular complexity index is 1520. The van der Waals surface area contributed by atoms with Crippen LogP contribution in [0, 0.1) is 5.82 Å². The molecule has 0 atom stereocenters. The summed E-state index contributed by atoms with van der Waals surface area (Å²) in [5.74, 6) is 0.714. The Balaban J connectivity index is 1.43. The van der Waals surface area contributed by atoms with Crippen molar-refractivity contribution < 1.29 is 32.7 Å². The summed E-state index contributed by atoms with van der Waals surface area (Å²) in [6.07, 6.45) is 3.01. The normalized spacial score (nSPS) is 16.0. The molecule has 1 aliphatic carbocycles. The molecule has 2 aliphatic rings. The molecule has 0 saturated carbocycles. The predicted octanol–water partition coefficient (Wildman–Crippen LogP) is 4.26. The van der Waals surface area contributed by atoms with Crippen LogP contribution in [0.5, 0.6) is 17.2 Å². The van der Waals surface area contributed by atoms with E-state index in [2.05, 4.69) is 15.4 Å². The number of piperazine rings is 1. The Morgan fingerprint density at radius 1 is 1.05 bits per heavy atom. The van der Waals surface area contributed by atoms with Gasteiger partial charge in [-0.2, -0.15) is 0 Å². The smallest absolute Gasteiger partial charge is 0.415 e. The molecule has 10 nitrogen and oxygen atoms in total. The van der Waals surface area contributed by atoms with Gasteiger partial charge in [0.05, 0.1) is 26.8 Å². The van der Waals surface area contributed by atoms with E-state index in [1.54, 1.807) is 29.2 Å². The molecule has 2 heterocycles. The third-order valence-corrected chi connectivity index (χ3v) is 7.49. The molecule has 1 N–H and O–H groups in total. The summed E-state index contributed by atoms with van der Waals surface area (Å²) < 4.78 is 36.3. The molecule has 3 aromatic rings. The van der Waals surface area contributed by atoms with Gasteiger partial charge in [-0.05, 0) is 77.7 Å². The van der Waals surface area contributed by atoms with Crippen LogP contribution < -0.4 is 19.5 Å². The molecule has 1 aromatic heterocycles. The maximum Gasteiger partial charge on any atom is 0.415 e. The number of carbonyl (C=O) groups is 2. The molecule has 2 aromatic carbocycles. The van der Waals surface area contributed by atoms with Crippen LogP contribution in [0.15, 0.2) is 52.7 Å². The van der Waals surface area contributed by atoms with E-state index >= 15 is 0 Å². The van der Waals surface area contributed by atoms with Crippen molar-refractivity contribution in [1.29, 1.82) is 0 Å². The number of amides is 2. The van der Waals surface area contributed by atoms with Crippen molar-refractivity contribution in [2.75, 3.05) is 54.0 Å². The molecule has 42 heavy (non-hydrogen) atoms. The van der Waals surface area contributed by atoms with E-state index < -0.39 is 6.09 Å². The number of nitrogens with one attached hydrogen (secondary N) is 1. The van der Waals surface area contributed by atoms with Gasteiger partial charge >= 0.3 is 6.09 Å². The van der Waals surface area contributed by atoms with Crippen LogP contribution in [0.25, 0.3) is 17.2 Å². The minimum atomic E-state index is -0.466. The number of rotatable bonds is 8. The Kier molecular flexibility index (Phi) is 8.58. The summed E-state index contributed by atoms with van der Waals surface area (Å²) in [7, 11) is 5.01. The molecule has 5 rings (SSSR count). The van der Waals surface area contributed by atoms with Crippen LogP contribution in [0.4, 0.5) is 9.18 Å². The third kappa shape index (κ3) is 6.15. The standard InChI is InChI=1S/C31H33FN4O6/c1-19-24(23-6-5-21(32)16-25(23)26(19)18-33-29(37)17-22-7-8-34-42-22)13-20-14-27(39-3)30(28(15-20)40-4)41-31(38)36-11-9-35(2)10-12-36/h5-8,13-16H,9-12,17-18H2,1-4H3,(H,33,37). The fraction of sp³-hybridized carbons (Fsp3) is 0.323. The SMILES string of the molecule is COc1cc(C=C2C(C)=C(CNC(=O)Cc3ccno3)c3cc(F)ccc32)cc(OC)c1OC(=O)N1CCN(C)CC1. The highest BCUT2D eigenvalue weighted by Crippen LogP contribution is 2.44. The first-order valence-electron chi connectivity index (χ1n) is 13.6. The lowest BCUT2D eigenvalue weighted by atomic mass is 10.00. The molecule has 0 bridgehead atoms. The minimum absolute atomic E-state index is 0.0519. The van der Waals surface area contributed by atoms with E-state index in [4.69, 9.17) is 18.7 Å². The number of allylic oxidation sites excluding steroid dienone is 2. The van der Waals surface area contributed by atoms with E-state index in [0.717, 1.165) is 40.9 Å². The van der Waals surface area contributed by atoms with Crippen LogP contribution in [0.3, 0.4) is 0 Å². The molecule has 0 spiro atoms. The first kappa shape index (κ1) is 28.9. The Hall–Kier alpha value is -4.64. The summed E-state index contributed by atoms with van der Waals surface area (Å²) in [6.45, 7) is 4.81. The number of aromatic nitrogens is 1. The van der Waals surface area contributed by atoms with Gasteiger partial charge in [-0.25, -0.2) is 9.18 Å². The van der Waals surface area contributed by atoms with Gasteiger partial charge in [0.1, 0.15) is 11.6 Å². The Labute approximate surface area is 243 Å². The van der Waals surface area contributed by atoms with E-state index in [1.165, 1.54) is 32.5 Å². The fourth-order valence-electron chi connectivity index (χ4n) is 5.11. The average Bonchev–Trinajstić information content (AvgIpc) is 3.58. The molecule has 1 fully saturated rings. The summed E-state index contributed by atoms with van der Waals surface area (Å²) >= 11 is 0. The number of nitrogens with zero attached hydrogens (tertiary/aromatic N) is 3. The van der Waals surface area contributed by atoms with E-state index in [0.29, 0.717) is 35.9 Å². The second kappa shape index (κ2) is 12.5. The van der Waals surface area contributed by atoms with Gasteiger partial charge in [-0.15, -0.1) is 0 Å². The zero-order chi connectivity index (χ0) is 29.8. The number of halogens is 1. The summed E-state index contributed by atoms with van der Waals surface area (Å²) in [5, 5.41) is 6.52. The van der Waals surface area contributed by atoms with Crippen molar-refractivity contribution in [3.63, 3.8) is 0 Å². The second-order valence-corrected chi connectivity index (χ2v) is 10.2. The fourth-order valence-corrected chi connectivity index (χ4v) is 5.11. The van der Waals surface area contributed by atoms with Crippen molar-refractivity contribution in [2.24, 2.45) is 0 Å². The zero-order valence-corrected chi connectivity index (χ0v) is 24.0. The first-order valence-corrected chi connectivity index (χ1v) is 13.6. The highest BCUT2D eigenvalue weighted by molar-refractivity contribution is 6.06. The number of methoxy groups -OCH3 is 2. The predicted molar refractivity (Wildman–Crippen MR) is 155 cm³/mol. The van der Waals surface area contributed by atoms with Crippen LogP contribution in [-0.4, -0.2) is 80.9 Å². The lowest BCUT2D eigenvalue weighted by Crippen LogP contribution is -2.48. The summed E-state index contributed by atoms with van der Waals surface area (Å²) in [5.41, 5.74) is 4.81. The molecule has 0 radical (unpaired) electrons. The summed E-state index contributed by atoms with van der Waals surface area (Å²) in [6, 6.07) is 9.76. The van der Waals surface area contributed by atoms with Crippen LogP contribution in [0.2, 0.25) is 0 Å². The Morgan fingerprint density at radius 2 is 1.76 bits per heavy atom. The average molecular weight is 577 g/mol. The number of hydrogen-bond donors (Lipinski definition) is 1. The number of carbonyl (C=O) groups excluding carboxylic acids is 2. The maximum atomic E-state index is 14.3. The molecule has 11 heteroatoms. The van der Waals surface area contributed by atoms with E-state index in [-0.39, 0.29) is 30.4 Å². The van der Waals surface area contributed by atoms with Crippen molar-refractivity contribution >= 4 is 29.2 Å². The minimum Gasteiger partial charge on any atom is -0.493 e. The second-order valence-electron chi connectivity index (χ2n) is 10.2. The van der Waals surface area contributed by atoms with E-state index in [9.17, 15) is 14.0 Å². The van der Waals surface area contributed by atoms with Gasteiger partial charge in [0.15, 0.2) is 11.5 Å². The van der Waals surface area contributed by atoms with Crippen molar-refractivity contribution in [1.82, 2.24) is 20.3 Å². The number of likely N-dealkylation sites (N-methyl/N-ethyl adjacent to an activating group) is 1. The van der Waals surface area contributed by atoms with E-state index in [1.807, 2.05) is 20.0 Å². The lowest BCUT2D eigenvalue weighted by Gasteiger charge is -2.31. The van der Waals surface area contributed by atoms with Gasteiger partial charge < -0.3 is 33.9 Å². The molecular weight excluding hydrogens is 543 g/mol. The molecule has 1 saturated heterocycles. The number of fused-ring (bicyclic) bond motifs is 1. The van der Waals surface area contributed by atoms with Crippen molar-refractivity contribution in [3.8, 4) is 17.2 Å². The van der Waals surface area contributed by atoms with Gasteiger partial charge in [-0.1, -0.05) is 11.2 Å². The number of hydrogen-bond acceptors (Lipinski definition) is 8. The lowest BCUT2D eigenvalue weighted by molar-refractivity contribution is -0.120. The first-order chi connectivity index (χ1) is 20.3. The quantitative estimate of drug-likeness (QED) is 0.424. The zero-order valence-electron chi connectivity index (χ0n) is 24.0. The molecule has 2 amide bonds. The van der Waals surface area contributed by atoms with Crippen molar-refractivity contribution in [3.05, 3.63) is 76.4 Å². The molecular formula is C31H33FN4O6. The monoisotopic (exact) mass is 576 g/mol. The number of benzene rings is 2.